The van der Waals surface area contributed by atoms with E-state index in [0.29, 0.717) is 5.92 Å². The van der Waals surface area contributed by atoms with Crippen LogP contribution >= 0.6 is 0 Å². The molecule has 1 rings (SSSR count). The van der Waals surface area contributed by atoms with Gasteiger partial charge in [0, 0.05) is 13.1 Å². The topological polar surface area (TPSA) is 29.5 Å². The highest BCUT2D eigenvalue weighted by molar-refractivity contribution is 5.68. The molecule has 3 nitrogen and oxygen atoms in total. The zero-order chi connectivity index (χ0) is 13.8. The molecule has 1 saturated heterocycles. The van der Waals surface area contributed by atoms with Crippen LogP contribution in [0.2, 0.25) is 0 Å². The van der Waals surface area contributed by atoms with Gasteiger partial charge in [0.2, 0.25) is 0 Å². The van der Waals surface area contributed by atoms with Crippen LogP contribution < -0.4 is 0 Å². The molecule has 1 aliphatic rings. The quantitative estimate of drug-likeness (QED) is 0.760. The average molecular weight is 255 g/mol. The number of rotatable bonds is 3. The van der Waals surface area contributed by atoms with Crippen molar-refractivity contribution < 1.29 is 9.53 Å². The number of carbonyl (C=O) groups is 1. The summed E-state index contributed by atoms with van der Waals surface area (Å²) in [6, 6.07) is 0. The van der Waals surface area contributed by atoms with Gasteiger partial charge in [0.05, 0.1) is 0 Å². The van der Waals surface area contributed by atoms with E-state index >= 15 is 0 Å². The fourth-order valence-electron chi connectivity index (χ4n) is 2.84. The second-order valence-electron chi connectivity index (χ2n) is 6.41. The number of amides is 1. The van der Waals surface area contributed by atoms with Crippen LogP contribution in [0, 0.1) is 11.8 Å². The molecule has 0 bridgehead atoms. The number of carbonyl (C=O) groups excluding carboxylic acids is 1. The van der Waals surface area contributed by atoms with Gasteiger partial charge in [-0.3, -0.25) is 0 Å². The molecule has 1 fully saturated rings. The zero-order valence-electron chi connectivity index (χ0n) is 12.7. The van der Waals surface area contributed by atoms with Crippen molar-refractivity contribution in [3.63, 3.8) is 0 Å². The standard InChI is InChI=1S/C15H29NO2/c1-6-12(7-2)13-9-8-10-16(11-13)14(17)18-15(3,4)5/h12-13H,6-11H2,1-5H3/t13-/m0/s1. The van der Waals surface area contributed by atoms with Crippen molar-refractivity contribution in [3.05, 3.63) is 0 Å². The van der Waals surface area contributed by atoms with Crippen LogP contribution in [0.1, 0.15) is 60.3 Å². The Hall–Kier alpha value is -0.730. The predicted molar refractivity (Wildman–Crippen MR) is 74.6 cm³/mol. The van der Waals surface area contributed by atoms with E-state index in [1.807, 2.05) is 25.7 Å². The van der Waals surface area contributed by atoms with Gasteiger partial charge in [-0.1, -0.05) is 26.7 Å². The largest absolute Gasteiger partial charge is 0.444 e. The monoisotopic (exact) mass is 255 g/mol. The smallest absolute Gasteiger partial charge is 0.410 e. The van der Waals surface area contributed by atoms with E-state index in [1.54, 1.807) is 0 Å². The highest BCUT2D eigenvalue weighted by Gasteiger charge is 2.30. The van der Waals surface area contributed by atoms with E-state index in [-0.39, 0.29) is 11.7 Å². The molecule has 0 aromatic heterocycles. The van der Waals surface area contributed by atoms with Gasteiger partial charge >= 0.3 is 6.09 Å². The van der Waals surface area contributed by atoms with Gasteiger partial charge in [-0.05, 0) is 45.4 Å². The number of likely N-dealkylation sites (tertiary alicyclic amines) is 1. The first-order valence-electron chi connectivity index (χ1n) is 7.35. The molecule has 0 spiro atoms. The SMILES string of the molecule is CCC(CC)[C@H]1CCCN(C(=O)OC(C)(C)C)C1. The normalized spacial score (nSPS) is 21.2. The maximum atomic E-state index is 12.1. The van der Waals surface area contributed by atoms with Gasteiger partial charge < -0.3 is 9.64 Å². The van der Waals surface area contributed by atoms with Crippen molar-refractivity contribution in [1.29, 1.82) is 0 Å². The fraction of sp³-hybridized carbons (Fsp3) is 0.933. The molecule has 106 valence electrons. The molecule has 0 aliphatic carbocycles. The Bertz CT molecular complexity index is 266. The van der Waals surface area contributed by atoms with Crippen LogP contribution in [0.4, 0.5) is 4.79 Å². The Morgan fingerprint density at radius 1 is 1.33 bits per heavy atom. The van der Waals surface area contributed by atoms with E-state index < -0.39 is 0 Å². The minimum absolute atomic E-state index is 0.141. The Morgan fingerprint density at radius 3 is 2.44 bits per heavy atom. The van der Waals surface area contributed by atoms with E-state index in [2.05, 4.69) is 13.8 Å². The third kappa shape index (κ3) is 4.51. The van der Waals surface area contributed by atoms with Gasteiger partial charge in [-0.2, -0.15) is 0 Å². The average Bonchev–Trinajstić information content (AvgIpc) is 2.29. The van der Waals surface area contributed by atoms with Crippen molar-refractivity contribution in [2.45, 2.75) is 65.9 Å². The number of hydrogen-bond acceptors (Lipinski definition) is 2. The maximum absolute atomic E-state index is 12.1. The number of ether oxygens (including phenoxy) is 1. The zero-order valence-corrected chi connectivity index (χ0v) is 12.7. The van der Waals surface area contributed by atoms with Gasteiger partial charge in [-0.15, -0.1) is 0 Å². The van der Waals surface area contributed by atoms with Crippen molar-refractivity contribution >= 4 is 6.09 Å². The molecule has 0 unspecified atom stereocenters. The Balaban J connectivity index is 2.55. The Labute approximate surface area is 112 Å². The molecule has 3 heteroatoms. The molecular formula is C15H29NO2. The van der Waals surface area contributed by atoms with Crippen LogP contribution in [0.15, 0.2) is 0 Å². The van der Waals surface area contributed by atoms with E-state index in [0.717, 1.165) is 25.4 Å². The summed E-state index contributed by atoms with van der Waals surface area (Å²) >= 11 is 0. The molecule has 0 aromatic rings. The third-order valence-electron chi connectivity index (χ3n) is 3.82. The van der Waals surface area contributed by atoms with E-state index in [4.69, 9.17) is 4.74 Å². The highest BCUT2D eigenvalue weighted by atomic mass is 16.6. The number of nitrogens with zero attached hydrogens (tertiary/aromatic N) is 1. The predicted octanol–water partition coefficient (Wildman–Crippen LogP) is 4.07. The molecule has 0 saturated carbocycles. The fourth-order valence-corrected chi connectivity index (χ4v) is 2.84. The van der Waals surface area contributed by atoms with Crippen LogP contribution in [-0.2, 0) is 4.74 Å². The molecule has 0 radical (unpaired) electrons. The lowest BCUT2D eigenvalue weighted by molar-refractivity contribution is 0.0126. The van der Waals surface area contributed by atoms with Gasteiger partial charge in [0.15, 0.2) is 0 Å². The first kappa shape index (κ1) is 15.3. The minimum Gasteiger partial charge on any atom is -0.444 e. The summed E-state index contributed by atoms with van der Waals surface area (Å²) in [5, 5.41) is 0. The second-order valence-corrected chi connectivity index (χ2v) is 6.41. The van der Waals surface area contributed by atoms with Crippen molar-refractivity contribution in [1.82, 2.24) is 4.90 Å². The Morgan fingerprint density at radius 2 is 1.94 bits per heavy atom. The van der Waals surface area contributed by atoms with Crippen molar-refractivity contribution in [2.75, 3.05) is 13.1 Å². The summed E-state index contributed by atoms with van der Waals surface area (Å²) in [6.45, 7) is 12.0. The van der Waals surface area contributed by atoms with Crippen molar-refractivity contribution in [2.24, 2.45) is 11.8 Å². The number of hydrogen-bond donors (Lipinski definition) is 0. The molecule has 18 heavy (non-hydrogen) atoms. The summed E-state index contributed by atoms with van der Waals surface area (Å²) in [7, 11) is 0. The second kappa shape index (κ2) is 6.44. The number of piperidine rings is 1. The molecule has 1 aliphatic heterocycles. The van der Waals surface area contributed by atoms with E-state index in [9.17, 15) is 4.79 Å². The summed E-state index contributed by atoms with van der Waals surface area (Å²) in [4.78, 5) is 14.0. The first-order chi connectivity index (χ1) is 8.37. The first-order valence-corrected chi connectivity index (χ1v) is 7.35. The van der Waals surface area contributed by atoms with Crippen LogP contribution in [0.5, 0.6) is 0 Å². The molecular weight excluding hydrogens is 226 g/mol. The van der Waals surface area contributed by atoms with Crippen LogP contribution in [-0.4, -0.2) is 29.7 Å². The highest BCUT2D eigenvalue weighted by Crippen LogP contribution is 2.29. The lowest BCUT2D eigenvalue weighted by Crippen LogP contribution is -2.44. The lowest BCUT2D eigenvalue weighted by atomic mass is 9.82. The van der Waals surface area contributed by atoms with Crippen LogP contribution in [0.3, 0.4) is 0 Å². The summed E-state index contributed by atoms with van der Waals surface area (Å²) in [5.41, 5.74) is -0.390. The van der Waals surface area contributed by atoms with Gasteiger partial charge in [0.1, 0.15) is 5.60 Å². The molecule has 0 aromatic carbocycles. The summed E-state index contributed by atoms with van der Waals surface area (Å²) in [6.07, 6.45) is 4.65. The maximum Gasteiger partial charge on any atom is 0.410 e. The minimum atomic E-state index is -0.390. The molecule has 0 N–H and O–H groups in total. The molecule has 1 atom stereocenters. The van der Waals surface area contributed by atoms with E-state index in [1.165, 1.54) is 19.3 Å². The Kier molecular flexibility index (Phi) is 5.48. The van der Waals surface area contributed by atoms with Gasteiger partial charge in [0.25, 0.3) is 0 Å². The van der Waals surface area contributed by atoms with Crippen molar-refractivity contribution in [3.8, 4) is 0 Å². The third-order valence-corrected chi connectivity index (χ3v) is 3.82. The van der Waals surface area contributed by atoms with Gasteiger partial charge in [-0.25, -0.2) is 4.79 Å². The molecule has 1 amide bonds. The summed E-state index contributed by atoms with van der Waals surface area (Å²) in [5.74, 6) is 1.40. The molecule has 1 heterocycles. The summed E-state index contributed by atoms with van der Waals surface area (Å²) < 4.78 is 5.46. The lowest BCUT2D eigenvalue weighted by Gasteiger charge is -2.37. The van der Waals surface area contributed by atoms with Crippen LogP contribution in [0.25, 0.3) is 0 Å².